The second-order valence-corrected chi connectivity index (χ2v) is 7.39. The summed E-state index contributed by atoms with van der Waals surface area (Å²) in [5.41, 5.74) is 0.988. The van der Waals surface area contributed by atoms with Crippen LogP contribution in [0.5, 0.6) is 0 Å². The highest BCUT2D eigenvalue weighted by atomic mass is 32.1. The van der Waals surface area contributed by atoms with Crippen LogP contribution in [0.2, 0.25) is 0 Å². The Morgan fingerprint density at radius 2 is 2.12 bits per heavy atom. The van der Waals surface area contributed by atoms with Crippen molar-refractivity contribution in [3.8, 4) is 0 Å². The summed E-state index contributed by atoms with van der Waals surface area (Å²) < 4.78 is 0. The first kappa shape index (κ1) is 17.6. The third-order valence-corrected chi connectivity index (χ3v) is 5.07. The van der Waals surface area contributed by atoms with Crippen LogP contribution in [0, 0.1) is 13.8 Å². The average Bonchev–Trinajstić information content (AvgIpc) is 3.07. The van der Waals surface area contributed by atoms with Crippen molar-refractivity contribution in [1.29, 1.82) is 0 Å². The van der Waals surface area contributed by atoms with E-state index in [1.54, 1.807) is 29.5 Å². The topological polar surface area (TPSA) is 74.2 Å². The first-order valence-electron chi connectivity index (χ1n) is 8.48. The fourth-order valence-electron chi connectivity index (χ4n) is 3.00. The lowest BCUT2D eigenvalue weighted by atomic mass is 10.1. The van der Waals surface area contributed by atoms with Gasteiger partial charge in [-0.2, -0.15) is 0 Å². The van der Waals surface area contributed by atoms with Gasteiger partial charge in [0.2, 0.25) is 0 Å². The van der Waals surface area contributed by atoms with E-state index in [4.69, 9.17) is 0 Å². The van der Waals surface area contributed by atoms with Crippen molar-refractivity contribution in [3.05, 3.63) is 34.2 Å². The van der Waals surface area contributed by atoms with Crippen molar-refractivity contribution in [2.45, 2.75) is 39.3 Å². The maximum Gasteiger partial charge on any atom is 0.317 e. The van der Waals surface area contributed by atoms with Crippen molar-refractivity contribution in [2.24, 2.45) is 0 Å². The molecular weight excluding hydrogens is 336 g/mol. The number of aromatic nitrogens is 3. The summed E-state index contributed by atoms with van der Waals surface area (Å²) in [7, 11) is 1.80. The summed E-state index contributed by atoms with van der Waals surface area (Å²) in [5, 5.41) is 6.00. The van der Waals surface area contributed by atoms with Gasteiger partial charge in [-0.3, -0.25) is 0 Å². The van der Waals surface area contributed by atoms with Gasteiger partial charge in [0.25, 0.3) is 0 Å². The predicted octanol–water partition coefficient (Wildman–Crippen LogP) is 2.36. The van der Waals surface area contributed by atoms with E-state index in [0.717, 1.165) is 48.3 Å². The number of rotatable bonds is 4. The molecule has 1 aliphatic rings. The zero-order valence-corrected chi connectivity index (χ0v) is 15.7. The minimum atomic E-state index is -0.0395. The Labute approximate surface area is 152 Å². The fourth-order valence-corrected chi connectivity index (χ4v) is 3.67. The number of nitrogens with zero attached hydrogens (tertiary/aromatic N) is 5. The van der Waals surface area contributed by atoms with Gasteiger partial charge in [0.05, 0.1) is 6.54 Å². The van der Waals surface area contributed by atoms with Crippen LogP contribution in [-0.4, -0.2) is 52.1 Å². The molecule has 1 fully saturated rings. The molecule has 1 saturated heterocycles. The lowest BCUT2D eigenvalue weighted by Crippen LogP contribution is -2.48. The number of carbonyl (C=O) groups is 1. The van der Waals surface area contributed by atoms with E-state index in [1.165, 1.54) is 0 Å². The first-order chi connectivity index (χ1) is 12.0. The molecule has 0 radical (unpaired) electrons. The Bertz CT molecular complexity index is 692. The molecule has 134 valence electrons. The number of hydrogen-bond donors (Lipinski definition) is 1. The average molecular weight is 360 g/mol. The molecule has 0 unspecified atom stereocenters. The monoisotopic (exact) mass is 360 g/mol. The zero-order valence-electron chi connectivity index (χ0n) is 14.9. The number of urea groups is 1. The highest BCUT2D eigenvalue weighted by Crippen LogP contribution is 2.19. The van der Waals surface area contributed by atoms with Gasteiger partial charge in [0.1, 0.15) is 16.6 Å². The Kier molecular flexibility index (Phi) is 5.47. The van der Waals surface area contributed by atoms with E-state index in [1.807, 2.05) is 25.3 Å². The molecule has 0 atom stereocenters. The van der Waals surface area contributed by atoms with Crippen molar-refractivity contribution in [3.63, 3.8) is 0 Å². The van der Waals surface area contributed by atoms with E-state index >= 15 is 0 Å². The molecule has 8 heteroatoms. The molecule has 1 aliphatic heterocycles. The van der Waals surface area contributed by atoms with Crippen LogP contribution in [0.25, 0.3) is 0 Å². The molecule has 25 heavy (non-hydrogen) atoms. The second kappa shape index (κ2) is 7.77. The van der Waals surface area contributed by atoms with Gasteiger partial charge in [-0.05, 0) is 26.7 Å². The first-order valence-corrected chi connectivity index (χ1v) is 9.36. The normalized spacial score (nSPS) is 15.2. The fraction of sp³-hybridized carbons (Fsp3) is 0.529. The van der Waals surface area contributed by atoms with Gasteiger partial charge < -0.3 is 15.1 Å². The highest BCUT2D eigenvalue weighted by Gasteiger charge is 2.23. The molecule has 3 heterocycles. The summed E-state index contributed by atoms with van der Waals surface area (Å²) in [6.45, 7) is 6.22. The lowest BCUT2D eigenvalue weighted by Gasteiger charge is -2.34. The van der Waals surface area contributed by atoms with Gasteiger partial charge >= 0.3 is 6.03 Å². The number of piperidine rings is 1. The van der Waals surface area contributed by atoms with Crippen LogP contribution < -0.4 is 10.2 Å². The summed E-state index contributed by atoms with van der Waals surface area (Å²) in [4.78, 5) is 29.4. The van der Waals surface area contributed by atoms with E-state index in [0.29, 0.717) is 6.54 Å². The van der Waals surface area contributed by atoms with E-state index in [2.05, 4.69) is 25.2 Å². The molecule has 2 aromatic rings. The van der Waals surface area contributed by atoms with Crippen LogP contribution in [0.4, 0.5) is 10.6 Å². The van der Waals surface area contributed by atoms with Gasteiger partial charge in [-0.1, -0.05) is 0 Å². The molecule has 1 N–H and O–H groups in total. The molecule has 2 aromatic heterocycles. The number of amides is 2. The van der Waals surface area contributed by atoms with Crippen LogP contribution >= 0.6 is 11.3 Å². The molecule has 7 nitrogen and oxygen atoms in total. The zero-order chi connectivity index (χ0) is 17.8. The van der Waals surface area contributed by atoms with Crippen LogP contribution in [-0.2, 0) is 6.54 Å². The quantitative estimate of drug-likeness (QED) is 0.906. The summed E-state index contributed by atoms with van der Waals surface area (Å²) in [5.74, 6) is 1.78. The molecule has 0 bridgehead atoms. The highest BCUT2D eigenvalue weighted by molar-refractivity contribution is 7.09. The standard InChI is InChI=1S/C17H24N6OS/c1-12-10-15(20-13(2)19-12)23-7-4-14(5-8-23)21-17(24)22(3)11-16-18-6-9-25-16/h6,9-10,14H,4-5,7-8,11H2,1-3H3,(H,21,24). The number of anilines is 1. The molecular formula is C17H24N6OS. The van der Waals surface area contributed by atoms with Crippen molar-refractivity contribution in [1.82, 2.24) is 25.2 Å². The van der Waals surface area contributed by atoms with E-state index in [9.17, 15) is 4.79 Å². The molecule has 2 amide bonds. The third-order valence-electron chi connectivity index (χ3n) is 4.30. The van der Waals surface area contributed by atoms with E-state index < -0.39 is 0 Å². The smallest absolute Gasteiger partial charge is 0.317 e. The Morgan fingerprint density at radius 1 is 1.36 bits per heavy atom. The largest absolute Gasteiger partial charge is 0.356 e. The number of nitrogens with one attached hydrogen (secondary N) is 1. The maximum atomic E-state index is 12.3. The van der Waals surface area contributed by atoms with Crippen LogP contribution in [0.15, 0.2) is 17.6 Å². The minimum Gasteiger partial charge on any atom is -0.356 e. The number of aryl methyl sites for hydroxylation is 2. The van der Waals surface area contributed by atoms with Crippen molar-refractivity contribution < 1.29 is 4.79 Å². The molecule has 3 rings (SSSR count). The Hall–Kier alpha value is -2.22. The SMILES string of the molecule is Cc1cc(N2CCC(NC(=O)N(C)Cc3nccs3)CC2)nc(C)n1. The lowest BCUT2D eigenvalue weighted by molar-refractivity contribution is 0.200. The Balaban J connectivity index is 1.49. The van der Waals surface area contributed by atoms with Gasteiger partial charge in [-0.25, -0.2) is 19.7 Å². The van der Waals surface area contributed by atoms with Gasteiger partial charge in [-0.15, -0.1) is 11.3 Å². The van der Waals surface area contributed by atoms with Gasteiger partial charge in [0.15, 0.2) is 0 Å². The summed E-state index contributed by atoms with van der Waals surface area (Å²) >= 11 is 1.56. The molecule has 0 aromatic carbocycles. The number of carbonyl (C=O) groups excluding carboxylic acids is 1. The second-order valence-electron chi connectivity index (χ2n) is 6.41. The predicted molar refractivity (Wildman–Crippen MR) is 98.9 cm³/mol. The molecule has 0 aliphatic carbocycles. The van der Waals surface area contributed by atoms with Gasteiger partial charge in [0, 0.05) is 49.5 Å². The maximum absolute atomic E-state index is 12.3. The summed E-state index contributed by atoms with van der Waals surface area (Å²) in [6.07, 6.45) is 3.59. The van der Waals surface area contributed by atoms with Crippen LogP contribution in [0.1, 0.15) is 29.4 Å². The third kappa shape index (κ3) is 4.66. The number of thiazole rings is 1. The molecule has 0 spiro atoms. The van der Waals surface area contributed by atoms with Crippen LogP contribution in [0.3, 0.4) is 0 Å². The van der Waals surface area contributed by atoms with E-state index in [-0.39, 0.29) is 12.1 Å². The number of hydrogen-bond acceptors (Lipinski definition) is 6. The van der Waals surface area contributed by atoms with Crippen molar-refractivity contribution in [2.75, 3.05) is 25.0 Å². The minimum absolute atomic E-state index is 0.0395. The Morgan fingerprint density at radius 3 is 2.76 bits per heavy atom. The van der Waals surface area contributed by atoms with Crippen molar-refractivity contribution >= 4 is 23.2 Å². The molecule has 0 saturated carbocycles. The summed E-state index contributed by atoms with van der Waals surface area (Å²) in [6, 6.07) is 2.18.